The fourth-order valence-electron chi connectivity index (χ4n) is 2.28. The van der Waals surface area contributed by atoms with Gasteiger partial charge < -0.3 is 14.8 Å². The van der Waals surface area contributed by atoms with Crippen molar-refractivity contribution in [2.45, 2.75) is 38.5 Å². The Kier molecular flexibility index (Phi) is 5.25. The van der Waals surface area contributed by atoms with Crippen LogP contribution < -0.4 is 14.8 Å². The monoisotopic (exact) mass is 281 g/mol. The summed E-state index contributed by atoms with van der Waals surface area (Å²) in [6.45, 7) is 7.57. The Morgan fingerprint density at radius 3 is 2.58 bits per heavy atom. The highest BCUT2D eigenvalue weighted by Crippen LogP contribution is 2.33. The van der Waals surface area contributed by atoms with Gasteiger partial charge in [-0.3, -0.25) is 0 Å². The van der Waals surface area contributed by atoms with Gasteiger partial charge in [0.05, 0.1) is 13.2 Å². The van der Waals surface area contributed by atoms with Gasteiger partial charge in [-0.15, -0.1) is 0 Å². The summed E-state index contributed by atoms with van der Waals surface area (Å²) in [5, 5.41) is 4.27. The van der Waals surface area contributed by atoms with Crippen LogP contribution in [0.1, 0.15) is 27.2 Å². The molecule has 1 fully saturated rings. The van der Waals surface area contributed by atoms with Crippen LogP contribution >= 0.6 is 11.8 Å². The molecule has 0 bridgehead atoms. The van der Waals surface area contributed by atoms with Crippen molar-refractivity contribution in [2.75, 3.05) is 24.3 Å². The molecule has 3 nitrogen and oxygen atoms in total. The minimum Gasteiger partial charge on any atom is -0.490 e. The quantitative estimate of drug-likeness (QED) is 0.859. The standard InChI is InChI=1S/C15H23NO2S/c1-4-17-14-7-6-12(10-15(14)18-5-2)16-13-8-9-19-11(13)3/h6-7,10-11,13,16H,4-5,8-9H2,1-3H3. The van der Waals surface area contributed by atoms with E-state index in [2.05, 4.69) is 18.3 Å². The third kappa shape index (κ3) is 3.72. The maximum absolute atomic E-state index is 5.65. The summed E-state index contributed by atoms with van der Waals surface area (Å²) in [4.78, 5) is 0. The van der Waals surface area contributed by atoms with E-state index in [9.17, 15) is 0 Å². The molecular weight excluding hydrogens is 258 g/mol. The van der Waals surface area contributed by atoms with Gasteiger partial charge in [-0.05, 0) is 38.2 Å². The van der Waals surface area contributed by atoms with Crippen LogP contribution in [-0.4, -0.2) is 30.3 Å². The number of anilines is 1. The maximum Gasteiger partial charge on any atom is 0.163 e. The van der Waals surface area contributed by atoms with Crippen molar-refractivity contribution in [3.63, 3.8) is 0 Å². The Labute approximate surface area is 120 Å². The molecule has 0 aliphatic carbocycles. The largest absolute Gasteiger partial charge is 0.490 e. The number of hydrogen-bond acceptors (Lipinski definition) is 4. The van der Waals surface area contributed by atoms with Crippen LogP contribution in [-0.2, 0) is 0 Å². The molecule has 1 aliphatic heterocycles. The summed E-state index contributed by atoms with van der Waals surface area (Å²) in [5.74, 6) is 2.89. The van der Waals surface area contributed by atoms with E-state index in [1.807, 2.05) is 37.7 Å². The van der Waals surface area contributed by atoms with Crippen molar-refractivity contribution < 1.29 is 9.47 Å². The van der Waals surface area contributed by atoms with Crippen LogP contribution in [0, 0.1) is 0 Å². The van der Waals surface area contributed by atoms with Crippen LogP contribution in [0.3, 0.4) is 0 Å². The van der Waals surface area contributed by atoms with Gasteiger partial charge in [-0.1, -0.05) is 6.92 Å². The number of thioether (sulfide) groups is 1. The minimum atomic E-state index is 0.553. The van der Waals surface area contributed by atoms with Gasteiger partial charge in [0.15, 0.2) is 11.5 Å². The molecule has 2 rings (SSSR count). The van der Waals surface area contributed by atoms with E-state index in [1.54, 1.807) is 0 Å². The lowest BCUT2D eigenvalue weighted by Crippen LogP contribution is -2.24. The van der Waals surface area contributed by atoms with Gasteiger partial charge in [0.25, 0.3) is 0 Å². The van der Waals surface area contributed by atoms with Crippen molar-refractivity contribution in [1.29, 1.82) is 0 Å². The predicted octanol–water partition coefficient (Wildman–Crippen LogP) is 3.79. The molecule has 0 amide bonds. The summed E-state index contributed by atoms with van der Waals surface area (Å²) in [6, 6.07) is 6.66. The summed E-state index contributed by atoms with van der Waals surface area (Å²) >= 11 is 2.03. The summed E-state index contributed by atoms with van der Waals surface area (Å²) < 4.78 is 11.2. The molecule has 1 aliphatic rings. The van der Waals surface area contributed by atoms with E-state index in [0.29, 0.717) is 24.5 Å². The molecule has 106 valence electrons. The van der Waals surface area contributed by atoms with Gasteiger partial charge in [-0.25, -0.2) is 0 Å². The van der Waals surface area contributed by atoms with Crippen molar-refractivity contribution in [3.05, 3.63) is 18.2 Å². The van der Waals surface area contributed by atoms with Crippen LogP contribution in [0.25, 0.3) is 0 Å². The Morgan fingerprint density at radius 1 is 1.21 bits per heavy atom. The molecule has 0 aromatic heterocycles. The average molecular weight is 281 g/mol. The first kappa shape index (κ1) is 14.4. The Bertz CT molecular complexity index is 411. The lowest BCUT2D eigenvalue weighted by Gasteiger charge is -2.19. The molecular formula is C15H23NO2S. The maximum atomic E-state index is 5.65. The molecule has 1 saturated heterocycles. The van der Waals surface area contributed by atoms with Crippen molar-refractivity contribution in [2.24, 2.45) is 0 Å². The zero-order valence-corrected chi connectivity index (χ0v) is 12.8. The number of benzene rings is 1. The molecule has 0 radical (unpaired) electrons. The fraction of sp³-hybridized carbons (Fsp3) is 0.600. The highest BCUT2D eigenvalue weighted by molar-refractivity contribution is 8.00. The molecule has 1 aromatic rings. The molecule has 2 unspecified atom stereocenters. The number of hydrogen-bond donors (Lipinski definition) is 1. The normalized spacial score (nSPS) is 22.3. The molecule has 2 atom stereocenters. The molecule has 0 spiro atoms. The Balaban J connectivity index is 2.10. The van der Waals surface area contributed by atoms with Crippen molar-refractivity contribution in [3.8, 4) is 11.5 Å². The third-order valence-corrected chi connectivity index (χ3v) is 4.60. The second-order valence-corrected chi connectivity index (χ2v) is 6.13. The highest BCUT2D eigenvalue weighted by atomic mass is 32.2. The lowest BCUT2D eigenvalue weighted by atomic mass is 10.1. The number of ether oxygens (including phenoxy) is 2. The van der Waals surface area contributed by atoms with Gasteiger partial charge in [0, 0.05) is 23.0 Å². The zero-order chi connectivity index (χ0) is 13.7. The van der Waals surface area contributed by atoms with Crippen LogP contribution in [0.2, 0.25) is 0 Å². The SMILES string of the molecule is CCOc1ccc(NC2CCSC2C)cc1OCC. The molecule has 1 heterocycles. The number of rotatable bonds is 6. The third-order valence-electron chi connectivity index (χ3n) is 3.27. The topological polar surface area (TPSA) is 30.5 Å². The van der Waals surface area contributed by atoms with Gasteiger partial charge in [-0.2, -0.15) is 11.8 Å². The molecule has 1 aromatic carbocycles. The van der Waals surface area contributed by atoms with Crippen LogP contribution in [0.15, 0.2) is 18.2 Å². The first-order chi connectivity index (χ1) is 9.24. The van der Waals surface area contributed by atoms with Crippen molar-refractivity contribution in [1.82, 2.24) is 0 Å². The summed E-state index contributed by atoms with van der Waals surface area (Å²) in [7, 11) is 0. The van der Waals surface area contributed by atoms with Gasteiger partial charge >= 0.3 is 0 Å². The van der Waals surface area contributed by atoms with Crippen LogP contribution in [0.5, 0.6) is 11.5 Å². The van der Waals surface area contributed by atoms with E-state index < -0.39 is 0 Å². The summed E-state index contributed by atoms with van der Waals surface area (Å²) in [6.07, 6.45) is 1.23. The number of nitrogens with one attached hydrogen (secondary N) is 1. The molecule has 1 N–H and O–H groups in total. The van der Waals surface area contributed by atoms with E-state index in [4.69, 9.17) is 9.47 Å². The Hall–Kier alpha value is -1.03. The second kappa shape index (κ2) is 6.94. The predicted molar refractivity (Wildman–Crippen MR) is 82.7 cm³/mol. The minimum absolute atomic E-state index is 0.553. The van der Waals surface area contributed by atoms with E-state index in [-0.39, 0.29) is 0 Å². The van der Waals surface area contributed by atoms with Gasteiger partial charge in [0.1, 0.15) is 0 Å². The van der Waals surface area contributed by atoms with E-state index >= 15 is 0 Å². The average Bonchev–Trinajstić information content (AvgIpc) is 2.79. The molecule has 0 saturated carbocycles. The first-order valence-electron chi connectivity index (χ1n) is 7.02. The van der Waals surface area contributed by atoms with Crippen molar-refractivity contribution >= 4 is 17.4 Å². The second-order valence-electron chi connectivity index (χ2n) is 4.64. The van der Waals surface area contributed by atoms with Crippen LogP contribution in [0.4, 0.5) is 5.69 Å². The summed E-state index contributed by atoms with van der Waals surface area (Å²) in [5.41, 5.74) is 1.12. The smallest absolute Gasteiger partial charge is 0.163 e. The van der Waals surface area contributed by atoms with E-state index in [1.165, 1.54) is 12.2 Å². The zero-order valence-electron chi connectivity index (χ0n) is 11.9. The highest BCUT2D eigenvalue weighted by Gasteiger charge is 2.23. The Morgan fingerprint density at radius 2 is 1.95 bits per heavy atom. The van der Waals surface area contributed by atoms with E-state index in [0.717, 1.165) is 17.2 Å². The molecule has 4 heteroatoms. The lowest BCUT2D eigenvalue weighted by molar-refractivity contribution is 0.288. The molecule has 19 heavy (non-hydrogen) atoms. The first-order valence-corrected chi connectivity index (χ1v) is 8.07. The van der Waals surface area contributed by atoms with Gasteiger partial charge in [0.2, 0.25) is 0 Å². The fourth-order valence-corrected chi connectivity index (χ4v) is 3.47.